The topological polar surface area (TPSA) is 76.0 Å². The molecule has 0 saturated carbocycles. The Hall–Kier alpha value is -2.34. The number of nitrogens with zero attached hydrogens (tertiary/aromatic N) is 2. The number of nitrogens with one attached hydrogen (secondary N) is 2. The highest BCUT2D eigenvalue weighted by Crippen LogP contribution is 2.25. The van der Waals surface area contributed by atoms with E-state index >= 15 is 0 Å². The Morgan fingerprint density at radius 2 is 2.00 bits per heavy atom. The first-order valence-corrected chi connectivity index (χ1v) is 8.30. The van der Waals surface area contributed by atoms with E-state index in [9.17, 15) is 9.59 Å². The molecule has 0 spiro atoms. The lowest BCUT2D eigenvalue weighted by atomic mass is 10.2. The van der Waals surface area contributed by atoms with Crippen molar-refractivity contribution in [2.45, 2.75) is 39.7 Å². The van der Waals surface area contributed by atoms with Crippen LogP contribution in [0.25, 0.3) is 0 Å². The highest BCUT2D eigenvalue weighted by Gasteiger charge is 2.09. The van der Waals surface area contributed by atoms with Crippen LogP contribution < -0.4 is 10.6 Å². The fraction of sp³-hybridized carbons (Fsp3) is 0.353. The van der Waals surface area contributed by atoms with E-state index in [-0.39, 0.29) is 11.8 Å². The van der Waals surface area contributed by atoms with Crippen molar-refractivity contribution in [3.63, 3.8) is 0 Å². The molecular weight excluding hydrogens is 328 g/mol. The lowest BCUT2D eigenvalue weighted by Crippen LogP contribution is -2.16. The number of rotatable bonds is 7. The standard InChI is InChI=1S/C17H21ClN4O2/c1-3-15-19-8-10-22(15)9-7-17(24)21-14-11-12(5-6-13(14)18)20-16(23)4-2/h5-6,8,10-11H,3-4,7,9H2,1-2H3,(H,20,23)(H,21,24). The molecular formula is C17H21ClN4O2. The molecule has 128 valence electrons. The highest BCUT2D eigenvalue weighted by atomic mass is 35.5. The summed E-state index contributed by atoms with van der Waals surface area (Å²) in [5.41, 5.74) is 1.08. The summed E-state index contributed by atoms with van der Waals surface area (Å²) >= 11 is 6.12. The summed E-state index contributed by atoms with van der Waals surface area (Å²) in [6.07, 6.45) is 5.10. The van der Waals surface area contributed by atoms with Crippen LogP contribution in [-0.2, 0) is 22.6 Å². The normalized spacial score (nSPS) is 10.5. The minimum atomic E-state index is -0.147. The number of hydrogen-bond acceptors (Lipinski definition) is 3. The van der Waals surface area contributed by atoms with Crippen LogP contribution in [0.4, 0.5) is 11.4 Å². The zero-order chi connectivity index (χ0) is 17.5. The second-order valence-corrected chi connectivity index (χ2v) is 5.69. The van der Waals surface area contributed by atoms with Gasteiger partial charge in [-0.05, 0) is 18.2 Å². The third-order valence-electron chi connectivity index (χ3n) is 3.54. The molecule has 7 heteroatoms. The largest absolute Gasteiger partial charge is 0.334 e. The van der Waals surface area contributed by atoms with Gasteiger partial charge in [0.05, 0.1) is 10.7 Å². The first kappa shape index (κ1) is 18.0. The molecule has 1 heterocycles. The van der Waals surface area contributed by atoms with E-state index in [1.807, 2.05) is 17.7 Å². The first-order chi connectivity index (χ1) is 11.5. The fourth-order valence-electron chi connectivity index (χ4n) is 2.24. The molecule has 1 aromatic carbocycles. The van der Waals surface area contributed by atoms with E-state index < -0.39 is 0 Å². The van der Waals surface area contributed by atoms with Crippen LogP contribution in [0.1, 0.15) is 32.5 Å². The number of halogens is 1. The average Bonchev–Trinajstić information content (AvgIpc) is 3.03. The van der Waals surface area contributed by atoms with Crippen molar-refractivity contribution in [3.05, 3.63) is 41.4 Å². The second kappa shape index (κ2) is 8.49. The van der Waals surface area contributed by atoms with Crippen molar-refractivity contribution in [1.29, 1.82) is 0 Å². The van der Waals surface area contributed by atoms with Gasteiger partial charge in [0.1, 0.15) is 5.82 Å². The van der Waals surface area contributed by atoms with Gasteiger partial charge in [0.15, 0.2) is 0 Å². The molecule has 0 aliphatic carbocycles. The maximum atomic E-state index is 12.2. The van der Waals surface area contributed by atoms with Crippen LogP contribution in [0.2, 0.25) is 5.02 Å². The van der Waals surface area contributed by atoms with Crippen LogP contribution >= 0.6 is 11.6 Å². The SMILES string of the molecule is CCC(=O)Nc1ccc(Cl)c(NC(=O)CCn2ccnc2CC)c1. The van der Waals surface area contributed by atoms with E-state index in [0.29, 0.717) is 35.8 Å². The molecule has 0 fully saturated rings. The van der Waals surface area contributed by atoms with Gasteiger partial charge in [0.25, 0.3) is 0 Å². The van der Waals surface area contributed by atoms with Crippen LogP contribution in [0.15, 0.2) is 30.6 Å². The Kier molecular flexibility index (Phi) is 6.37. The number of hydrogen-bond donors (Lipinski definition) is 2. The highest BCUT2D eigenvalue weighted by molar-refractivity contribution is 6.33. The van der Waals surface area contributed by atoms with Crippen LogP contribution in [-0.4, -0.2) is 21.4 Å². The van der Waals surface area contributed by atoms with Gasteiger partial charge in [-0.2, -0.15) is 0 Å². The van der Waals surface area contributed by atoms with E-state index in [1.54, 1.807) is 31.3 Å². The summed E-state index contributed by atoms with van der Waals surface area (Å²) in [4.78, 5) is 27.8. The van der Waals surface area contributed by atoms with Gasteiger partial charge in [-0.3, -0.25) is 9.59 Å². The maximum absolute atomic E-state index is 12.2. The number of anilines is 2. The minimum Gasteiger partial charge on any atom is -0.334 e. The summed E-state index contributed by atoms with van der Waals surface area (Å²) in [5.74, 6) is 0.707. The zero-order valence-electron chi connectivity index (χ0n) is 13.8. The van der Waals surface area contributed by atoms with Gasteiger partial charge in [-0.1, -0.05) is 25.4 Å². The van der Waals surface area contributed by atoms with Crippen molar-refractivity contribution in [3.8, 4) is 0 Å². The molecule has 0 bridgehead atoms. The lowest BCUT2D eigenvalue weighted by molar-refractivity contribution is -0.117. The van der Waals surface area contributed by atoms with Gasteiger partial charge < -0.3 is 15.2 Å². The van der Waals surface area contributed by atoms with Gasteiger partial charge in [0, 0.05) is 43.9 Å². The molecule has 0 unspecified atom stereocenters. The molecule has 2 N–H and O–H groups in total. The van der Waals surface area contributed by atoms with Gasteiger partial charge in [-0.15, -0.1) is 0 Å². The molecule has 24 heavy (non-hydrogen) atoms. The molecule has 2 amide bonds. The summed E-state index contributed by atoms with van der Waals surface area (Å²) in [6, 6.07) is 5.00. The smallest absolute Gasteiger partial charge is 0.226 e. The molecule has 1 aromatic heterocycles. The number of aryl methyl sites for hydroxylation is 2. The predicted molar refractivity (Wildman–Crippen MR) is 95.2 cm³/mol. The predicted octanol–water partition coefficient (Wildman–Crippen LogP) is 3.48. The molecule has 2 rings (SSSR count). The lowest BCUT2D eigenvalue weighted by Gasteiger charge is -2.11. The van der Waals surface area contributed by atoms with E-state index in [1.165, 1.54) is 0 Å². The number of imidazole rings is 1. The number of aromatic nitrogens is 2. The zero-order valence-corrected chi connectivity index (χ0v) is 14.6. The Balaban J connectivity index is 1.97. The summed E-state index contributed by atoms with van der Waals surface area (Å²) < 4.78 is 1.96. The monoisotopic (exact) mass is 348 g/mol. The van der Waals surface area contributed by atoms with Gasteiger partial charge in [-0.25, -0.2) is 4.98 Å². The number of benzene rings is 1. The Labute approximate surface area is 146 Å². The maximum Gasteiger partial charge on any atom is 0.226 e. The number of carbonyl (C=O) groups excluding carboxylic acids is 2. The Morgan fingerprint density at radius 1 is 1.21 bits per heavy atom. The number of carbonyl (C=O) groups is 2. The van der Waals surface area contributed by atoms with Crippen LogP contribution in [0.3, 0.4) is 0 Å². The molecule has 0 atom stereocenters. The summed E-state index contributed by atoms with van der Waals surface area (Å²) in [5, 5.41) is 5.95. The molecule has 2 aromatic rings. The van der Waals surface area contributed by atoms with Crippen molar-refractivity contribution >= 4 is 34.8 Å². The summed E-state index contributed by atoms with van der Waals surface area (Å²) in [7, 11) is 0. The Bertz CT molecular complexity index is 727. The molecule has 0 aliphatic rings. The average molecular weight is 349 g/mol. The van der Waals surface area contributed by atoms with E-state index in [4.69, 9.17) is 11.6 Å². The second-order valence-electron chi connectivity index (χ2n) is 5.28. The third kappa shape index (κ3) is 4.83. The molecule has 6 nitrogen and oxygen atoms in total. The Morgan fingerprint density at radius 3 is 2.71 bits per heavy atom. The van der Waals surface area contributed by atoms with E-state index in [0.717, 1.165) is 12.2 Å². The molecule has 0 saturated heterocycles. The van der Waals surface area contributed by atoms with Crippen molar-refractivity contribution in [1.82, 2.24) is 9.55 Å². The van der Waals surface area contributed by atoms with Gasteiger partial charge in [0.2, 0.25) is 11.8 Å². The minimum absolute atomic E-state index is 0.0956. The van der Waals surface area contributed by atoms with Crippen molar-refractivity contribution in [2.24, 2.45) is 0 Å². The molecule has 0 radical (unpaired) electrons. The first-order valence-electron chi connectivity index (χ1n) is 7.92. The quantitative estimate of drug-likeness (QED) is 0.804. The van der Waals surface area contributed by atoms with Crippen LogP contribution in [0.5, 0.6) is 0 Å². The van der Waals surface area contributed by atoms with Gasteiger partial charge >= 0.3 is 0 Å². The van der Waals surface area contributed by atoms with E-state index in [2.05, 4.69) is 15.6 Å². The van der Waals surface area contributed by atoms with Crippen molar-refractivity contribution in [2.75, 3.05) is 10.6 Å². The third-order valence-corrected chi connectivity index (χ3v) is 3.87. The molecule has 0 aliphatic heterocycles. The summed E-state index contributed by atoms with van der Waals surface area (Å²) in [6.45, 7) is 4.35. The van der Waals surface area contributed by atoms with Crippen molar-refractivity contribution < 1.29 is 9.59 Å². The van der Waals surface area contributed by atoms with Crippen LogP contribution in [0, 0.1) is 0 Å². The fourth-order valence-corrected chi connectivity index (χ4v) is 2.41. The number of amides is 2.